The maximum atomic E-state index is 11.7. The summed E-state index contributed by atoms with van der Waals surface area (Å²) in [6.45, 7) is 4.78. The van der Waals surface area contributed by atoms with Crippen LogP contribution in [0.4, 0.5) is 0 Å². The summed E-state index contributed by atoms with van der Waals surface area (Å²) >= 11 is 0. The topological polar surface area (TPSA) is 55.1 Å². The van der Waals surface area contributed by atoms with Crippen LogP contribution in [-0.2, 0) is 4.79 Å². The molecule has 3 N–H and O–H groups in total. The van der Waals surface area contributed by atoms with Crippen LogP contribution in [0.5, 0.6) is 0 Å². The van der Waals surface area contributed by atoms with Crippen molar-refractivity contribution < 1.29 is 4.79 Å². The molecule has 0 atom stereocenters. The molecule has 1 rings (SSSR count). The first-order valence-electron chi connectivity index (χ1n) is 5.64. The van der Waals surface area contributed by atoms with E-state index >= 15 is 0 Å². The highest BCUT2D eigenvalue weighted by Gasteiger charge is 2.25. The van der Waals surface area contributed by atoms with Crippen LogP contribution in [-0.4, -0.2) is 18.5 Å². The Hall–Kier alpha value is -0.570. The van der Waals surface area contributed by atoms with E-state index in [4.69, 9.17) is 5.73 Å². The van der Waals surface area contributed by atoms with Crippen LogP contribution < -0.4 is 11.1 Å². The Balaban J connectivity index is 2.30. The lowest BCUT2D eigenvalue weighted by molar-refractivity contribution is -0.126. The highest BCUT2D eigenvalue weighted by Crippen LogP contribution is 2.28. The molecule has 14 heavy (non-hydrogen) atoms. The molecule has 0 radical (unpaired) electrons. The molecule has 0 aromatic carbocycles. The second-order valence-electron chi connectivity index (χ2n) is 4.62. The molecule has 0 spiro atoms. The van der Waals surface area contributed by atoms with E-state index in [9.17, 15) is 4.79 Å². The zero-order chi connectivity index (χ0) is 10.6. The van der Waals surface area contributed by atoms with Gasteiger partial charge in [0.1, 0.15) is 0 Å². The first-order valence-corrected chi connectivity index (χ1v) is 5.64. The van der Waals surface area contributed by atoms with E-state index in [-0.39, 0.29) is 17.9 Å². The van der Waals surface area contributed by atoms with Crippen molar-refractivity contribution in [2.45, 2.75) is 45.6 Å². The molecule has 0 bridgehead atoms. The highest BCUT2D eigenvalue weighted by atomic mass is 16.1. The molecule has 1 saturated carbocycles. The van der Waals surface area contributed by atoms with Gasteiger partial charge in [0, 0.05) is 12.0 Å². The molecule has 3 heteroatoms. The number of amides is 1. The Labute approximate surface area is 86.4 Å². The second-order valence-corrected chi connectivity index (χ2v) is 4.62. The quantitative estimate of drug-likeness (QED) is 0.717. The summed E-state index contributed by atoms with van der Waals surface area (Å²) in [6, 6.07) is 0.259. The summed E-state index contributed by atoms with van der Waals surface area (Å²) in [5.74, 6) is 1.12. The minimum atomic E-state index is 0.232. The van der Waals surface area contributed by atoms with Crippen molar-refractivity contribution in [2.75, 3.05) is 6.54 Å². The van der Waals surface area contributed by atoms with Gasteiger partial charge >= 0.3 is 0 Å². The van der Waals surface area contributed by atoms with Gasteiger partial charge in [-0.3, -0.25) is 4.79 Å². The first kappa shape index (κ1) is 11.5. The third-order valence-corrected chi connectivity index (χ3v) is 2.98. The van der Waals surface area contributed by atoms with Gasteiger partial charge in [-0.2, -0.15) is 0 Å². The minimum Gasteiger partial charge on any atom is -0.354 e. The monoisotopic (exact) mass is 198 g/mol. The zero-order valence-corrected chi connectivity index (χ0v) is 9.25. The number of hydrogen-bond acceptors (Lipinski definition) is 2. The molecule has 0 aliphatic heterocycles. The van der Waals surface area contributed by atoms with Crippen molar-refractivity contribution in [2.24, 2.45) is 17.6 Å². The molecule has 1 aliphatic carbocycles. The molecule has 1 aliphatic rings. The summed E-state index contributed by atoms with van der Waals surface area (Å²) in [4.78, 5) is 11.7. The van der Waals surface area contributed by atoms with Gasteiger partial charge in [-0.05, 0) is 52.0 Å². The number of carbonyl (C=O) groups excluding carboxylic acids is 1. The number of rotatable bonds is 3. The Bertz CT molecular complexity index is 184. The predicted octanol–water partition coefficient (Wildman–Crippen LogP) is 1.28. The van der Waals surface area contributed by atoms with Gasteiger partial charge in [0.05, 0.1) is 0 Å². The standard InChI is InChI=1S/C11H22N2O/c1-8(2)13-11(14)10-5-3-9(7-12)4-6-10/h8-10H,3-7,12H2,1-2H3,(H,13,14)/t9-,10-. The summed E-state index contributed by atoms with van der Waals surface area (Å²) in [7, 11) is 0. The largest absolute Gasteiger partial charge is 0.354 e. The zero-order valence-electron chi connectivity index (χ0n) is 9.25. The van der Waals surface area contributed by atoms with Gasteiger partial charge in [0.25, 0.3) is 0 Å². The normalized spacial score (nSPS) is 27.7. The van der Waals surface area contributed by atoms with E-state index in [1.165, 1.54) is 0 Å². The lowest BCUT2D eigenvalue weighted by Gasteiger charge is -2.27. The maximum absolute atomic E-state index is 11.7. The third-order valence-electron chi connectivity index (χ3n) is 2.98. The fourth-order valence-electron chi connectivity index (χ4n) is 2.06. The highest BCUT2D eigenvalue weighted by molar-refractivity contribution is 5.78. The molecule has 82 valence electrons. The van der Waals surface area contributed by atoms with E-state index in [2.05, 4.69) is 5.32 Å². The molecule has 3 nitrogen and oxygen atoms in total. The van der Waals surface area contributed by atoms with E-state index in [0.29, 0.717) is 5.92 Å². The molecular formula is C11H22N2O. The minimum absolute atomic E-state index is 0.232. The van der Waals surface area contributed by atoms with Gasteiger partial charge in [-0.15, -0.1) is 0 Å². The van der Waals surface area contributed by atoms with E-state index in [1.54, 1.807) is 0 Å². The molecule has 1 amide bonds. The van der Waals surface area contributed by atoms with Crippen LogP contribution in [0.25, 0.3) is 0 Å². The van der Waals surface area contributed by atoms with E-state index in [1.807, 2.05) is 13.8 Å². The van der Waals surface area contributed by atoms with Crippen molar-refractivity contribution >= 4 is 5.91 Å². The van der Waals surface area contributed by atoms with Crippen LogP contribution in [0, 0.1) is 11.8 Å². The molecule has 0 heterocycles. The van der Waals surface area contributed by atoms with Gasteiger partial charge in [0.15, 0.2) is 0 Å². The number of hydrogen-bond donors (Lipinski definition) is 2. The van der Waals surface area contributed by atoms with Crippen LogP contribution in [0.1, 0.15) is 39.5 Å². The van der Waals surface area contributed by atoms with Crippen molar-refractivity contribution in [3.05, 3.63) is 0 Å². The average Bonchev–Trinajstić information content (AvgIpc) is 2.17. The number of nitrogens with two attached hydrogens (primary N) is 1. The summed E-state index contributed by atoms with van der Waals surface area (Å²) in [5.41, 5.74) is 5.60. The van der Waals surface area contributed by atoms with Crippen molar-refractivity contribution in [3.63, 3.8) is 0 Å². The Morgan fingerprint density at radius 3 is 2.36 bits per heavy atom. The molecule has 0 unspecified atom stereocenters. The molecule has 0 saturated heterocycles. The SMILES string of the molecule is CC(C)NC(=O)[C@H]1CC[C@H](CN)CC1. The van der Waals surface area contributed by atoms with Crippen LogP contribution in [0.15, 0.2) is 0 Å². The fourth-order valence-corrected chi connectivity index (χ4v) is 2.06. The van der Waals surface area contributed by atoms with E-state index in [0.717, 1.165) is 32.2 Å². The lowest BCUT2D eigenvalue weighted by atomic mass is 9.81. The molecule has 0 aromatic heterocycles. The van der Waals surface area contributed by atoms with Crippen molar-refractivity contribution in [3.8, 4) is 0 Å². The maximum Gasteiger partial charge on any atom is 0.223 e. The van der Waals surface area contributed by atoms with Gasteiger partial charge < -0.3 is 11.1 Å². The number of carbonyl (C=O) groups is 1. The fraction of sp³-hybridized carbons (Fsp3) is 0.909. The van der Waals surface area contributed by atoms with E-state index < -0.39 is 0 Å². The van der Waals surface area contributed by atoms with Gasteiger partial charge in [-0.1, -0.05) is 0 Å². The third kappa shape index (κ3) is 3.29. The summed E-state index contributed by atoms with van der Waals surface area (Å²) in [5, 5.41) is 2.98. The van der Waals surface area contributed by atoms with Gasteiger partial charge in [-0.25, -0.2) is 0 Å². The summed E-state index contributed by atoms with van der Waals surface area (Å²) < 4.78 is 0. The summed E-state index contributed by atoms with van der Waals surface area (Å²) in [6.07, 6.45) is 4.26. The van der Waals surface area contributed by atoms with Crippen LogP contribution in [0.3, 0.4) is 0 Å². The van der Waals surface area contributed by atoms with Crippen molar-refractivity contribution in [1.82, 2.24) is 5.32 Å². The Morgan fingerprint density at radius 1 is 1.36 bits per heavy atom. The van der Waals surface area contributed by atoms with Crippen LogP contribution in [0.2, 0.25) is 0 Å². The molecule has 0 aromatic rings. The first-order chi connectivity index (χ1) is 6.63. The molecule has 1 fully saturated rings. The van der Waals surface area contributed by atoms with Crippen molar-refractivity contribution in [1.29, 1.82) is 0 Å². The molecular weight excluding hydrogens is 176 g/mol. The second kappa shape index (κ2) is 5.35. The smallest absolute Gasteiger partial charge is 0.223 e. The van der Waals surface area contributed by atoms with Crippen LogP contribution >= 0.6 is 0 Å². The average molecular weight is 198 g/mol. The lowest BCUT2D eigenvalue weighted by Crippen LogP contribution is -2.37. The predicted molar refractivity (Wildman–Crippen MR) is 57.8 cm³/mol. The van der Waals surface area contributed by atoms with Gasteiger partial charge in [0.2, 0.25) is 5.91 Å². The Kier molecular flexibility index (Phi) is 4.39. The number of nitrogens with one attached hydrogen (secondary N) is 1. The Morgan fingerprint density at radius 2 is 1.93 bits per heavy atom.